The molecule has 0 spiro atoms. The van der Waals surface area contributed by atoms with Crippen LogP contribution >= 0.6 is 0 Å². The van der Waals surface area contributed by atoms with Crippen molar-refractivity contribution in [3.05, 3.63) is 35.1 Å². The molecule has 1 rings (SSSR count). The van der Waals surface area contributed by atoms with Gasteiger partial charge in [0.1, 0.15) is 5.82 Å². The van der Waals surface area contributed by atoms with Crippen LogP contribution in [0.3, 0.4) is 0 Å². The Morgan fingerprint density at radius 1 is 1.18 bits per heavy atom. The summed E-state index contributed by atoms with van der Waals surface area (Å²) in [7, 11) is 0. The number of aryl methyl sites for hydroxylation is 1. The van der Waals surface area contributed by atoms with Crippen LogP contribution in [0.25, 0.3) is 0 Å². The van der Waals surface area contributed by atoms with Crippen LogP contribution < -0.4 is 0 Å². The van der Waals surface area contributed by atoms with Gasteiger partial charge < -0.3 is 5.11 Å². The smallest absolute Gasteiger partial charge is 0.126 e. The lowest BCUT2D eigenvalue weighted by Gasteiger charge is -2.18. The molecule has 96 valence electrons. The fourth-order valence-electron chi connectivity index (χ4n) is 2.29. The summed E-state index contributed by atoms with van der Waals surface area (Å²) in [6.45, 7) is 8.25. The van der Waals surface area contributed by atoms with Crippen LogP contribution in [-0.4, -0.2) is 5.11 Å². The summed E-state index contributed by atoms with van der Waals surface area (Å²) < 4.78 is 13.1. The molecule has 0 fully saturated rings. The Morgan fingerprint density at radius 2 is 1.82 bits per heavy atom. The lowest BCUT2D eigenvalue weighted by molar-refractivity contribution is 0.141. The molecule has 2 heteroatoms. The molecule has 0 radical (unpaired) electrons. The lowest BCUT2D eigenvalue weighted by Crippen LogP contribution is -2.07. The minimum atomic E-state index is -0.483. The number of aliphatic hydroxyl groups is 1. The topological polar surface area (TPSA) is 20.2 Å². The highest BCUT2D eigenvalue weighted by Crippen LogP contribution is 2.26. The van der Waals surface area contributed by atoms with Crippen molar-refractivity contribution in [1.29, 1.82) is 0 Å². The van der Waals surface area contributed by atoms with E-state index < -0.39 is 6.10 Å². The standard InChI is InChI=1S/C15H23FO/c1-10(2)7-11(3)8-15(17)13-5-6-14(16)12(4)9-13/h5-6,9-11,15,17H,7-8H2,1-4H3. The van der Waals surface area contributed by atoms with Gasteiger partial charge >= 0.3 is 0 Å². The van der Waals surface area contributed by atoms with Crippen molar-refractivity contribution < 1.29 is 9.50 Å². The third kappa shape index (κ3) is 4.47. The molecule has 0 saturated heterocycles. The van der Waals surface area contributed by atoms with Crippen LogP contribution in [0.1, 0.15) is 50.8 Å². The van der Waals surface area contributed by atoms with Gasteiger partial charge in [-0.25, -0.2) is 4.39 Å². The van der Waals surface area contributed by atoms with Crippen molar-refractivity contribution in [3.63, 3.8) is 0 Å². The number of hydrogen-bond donors (Lipinski definition) is 1. The first kappa shape index (κ1) is 14.2. The van der Waals surface area contributed by atoms with E-state index in [-0.39, 0.29) is 5.82 Å². The predicted molar refractivity (Wildman–Crippen MR) is 69.3 cm³/mol. The molecule has 1 aromatic rings. The van der Waals surface area contributed by atoms with E-state index in [1.54, 1.807) is 19.1 Å². The minimum Gasteiger partial charge on any atom is -0.388 e. The number of halogens is 1. The number of benzene rings is 1. The summed E-state index contributed by atoms with van der Waals surface area (Å²) in [4.78, 5) is 0. The van der Waals surface area contributed by atoms with Gasteiger partial charge in [0.15, 0.2) is 0 Å². The molecule has 0 saturated carbocycles. The first-order chi connectivity index (χ1) is 7.90. The van der Waals surface area contributed by atoms with Gasteiger partial charge in [-0.3, -0.25) is 0 Å². The van der Waals surface area contributed by atoms with E-state index in [1.807, 2.05) is 0 Å². The zero-order valence-electron chi connectivity index (χ0n) is 11.2. The van der Waals surface area contributed by atoms with Crippen molar-refractivity contribution >= 4 is 0 Å². The minimum absolute atomic E-state index is 0.212. The first-order valence-electron chi connectivity index (χ1n) is 6.34. The van der Waals surface area contributed by atoms with Crippen molar-refractivity contribution in [2.45, 2.75) is 46.6 Å². The van der Waals surface area contributed by atoms with Gasteiger partial charge in [0.2, 0.25) is 0 Å². The highest BCUT2D eigenvalue weighted by Gasteiger charge is 2.14. The molecule has 0 amide bonds. The molecule has 0 bridgehead atoms. The van der Waals surface area contributed by atoms with Gasteiger partial charge in [-0.1, -0.05) is 32.9 Å². The normalized spacial score (nSPS) is 15.0. The average molecular weight is 238 g/mol. The Balaban J connectivity index is 2.63. The van der Waals surface area contributed by atoms with E-state index in [9.17, 15) is 9.50 Å². The lowest BCUT2D eigenvalue weighted by atomic mass is 9.91. The van der Waals surface area contributed by atoms with Crippen LogP contribution in [-0.2, 0) is 0 Å². The molecule has 1 nitrogen and oxygen atoms in total. The summed E-state index contributed by atoms with van der Waals surface area (Å²) in [5.41, 5.74) is 1.41. The van der Waals surface area contributed by atoms with Crippen LogP contribution in [0.4, 0.5) is 4.39 Å². The zero-order chi connectivity index (χ0) is 13.0. The van der Waals surface area contributed by atoms with Gasteiger partial charge in [-0.15, -0.1) is 0 Å². The van der Waals surface area contributed by atoms with E-state index in [2.05, 4.69) is 20.8 Å². The van der Waals surface area contributed by atoms with E-state index in [1.165, 1.54) is 6.07 Å². The van der Waals surface area contributed by atoms with E-state index >= 15 is 0 Å². The molecule has 2 unspecified atom stereocenters. The van der Waals surface area contributed by atoms with E-state index in [0.29, 0.717) is 17.4 Å². The molecular formula is C15H23FO. The first-order valence-corrected chi connectivity index (χ1v) is 6.34. The Bertz CT molecular complexity index is 360. The maximum atomic E-state index is 13.1. The molecule has 2 atom stereocenters. The molecule has 0 aliphatic carbocycles. The summed E-state index contributed by atoms with van der Waals surface area (Å²) in [5.74, 6) is 0.915. The third-order valence-electron chi connectivity index (χ3n) is 3.07. The van der Waals surface area contributed by atoms with Crippen molar-refractivity contribution in [2.24, 2.45) is 11.8 Å². The van der Waals surface area contributed by atoms with Crippen LogP contribution in [0.15, 0.2) is 18.2 Å². The summed E-state index contributed by atoms with van der Waals surface area (Å²) in [6.07, 6.45) is 1.36. The maximum Gasteiger partial charge on any atom is 0.126 e. The predicted octanol–water partition coefficient (Wildman–Crippen LogP) is 4.24. The van der Waals surface area contributed by atoms with E-state index in [0.717, 1.165) is 18.4 Å². The quantitative estimate of drug-likeness (QED) is 0.813. The molecule has 0 heterocycles. The largest absolute Gasteiger partial charge is 0.388 e. The fraction of sp³-hybridized carbons (Fsp3) is 0.600. The van der Waals surface area contributed by atoms with Gasteiger partial charge in [0.25, 0.3) is 0 Å². The Labute approximate surface area is 104 Å². The van der Waals surface area contributed by atoms with E-state index in [4.69, 9.17) is 0 Å². The summed E-state index contributed by atoms with van der Waals surface area (Å²) >= 11 is 0. The fourth-order valence-corrected chi connectivity index (χ4v) is 2.29. The molecule has 1 N–H and O–H groups in total. The monoisotopic (exact) mass is 238 g/mol. The molecular weight excluding hydrogens is 215 g/mol. The second-order valence-electron chi connectivity index (χ2n) is 5.49. The highest BCUT2D eigenvalue weighted by atomic mass is 19.1. The Morgan fingerprint density at radius 3 is 2.35 bits per heavy atom. The second-order valence-corrected chi connectivity index (χ2v) is 5.49. The van der Waals surface area contributed by atoms with Gasteiger partial charge in [0.05, 0.1) is 6.10 Å². The highest BCUT2D eigenvalue weighted by molar-refractivity contribution is 5.25. The van der Waals surface area contributed by atoms with Crippen molar-refractivity contribution in [1.82, 2.24) is 0 Å². The molecule has 0 aromatic heterocycles. The number of rotatable bonds is 5. The Kier molecular flexibility index (Phi) is 5.13. The van der Waals surface area contributed by atoms with Gasteiger partial charge in [-0.2, -0.15) is 0 Å². The Hall–Kier alpha value is -0.890. The molecule has 0 aliphatic heterocycles. The number of hydrogen-bond acceptors (Lipinski definition) is 1. The van der Waals surface area contributed by atoms with Crippen LogP contribution in [0.5, 0.6) is 0 Å². The summed E-state index contributed by atoms with van der Waals surface area (Å²) in [5, 5.41) is 10.1. The SMILES string of the molecule is Cc1cc(C(O)CC(C)CC(C)C)ccc1F. The molecule has 1 aromatic carbocycles. The summed E-state index contributed by atoms with van der Waals surface area (Å²) in [6, 6.07) is 4.85. The zero-order valence-corrected chi connectivity index (χ0v) is 11.2. The molecule has 17 heavy (non-hydrogen) atoms. The molecule has 0 aliphatic rings. The van der Waals surface area contributed by atoms with Crippen LogP contribution in [0, 0.1) is 24.6 Å². The van der Waals surface area contributed by atoms with Gasteiger partial charge in [0, 0.05) is 0 Å². The van der Waals surface area contributed by atoms with Crippen molar-refractivity contribution in [2.75, 3.05) is 0 Å². The second kappa shape index (κ2) is 6.15. The van der Waals surface area contributed by atoms with Gasteiger partial charge in [-0.05, 0) is 48.8 Å². The maximum absolute atomic E-state index is 13.1. The average Bonchev–Trinajstić information content (AvgIpc) is 2.20. The number of aliphatic hydroxyl groups excluding tert-OH is 1. The van der Waals surface area contributed by atoms with Crippen LogP contribution in [0.2, 0.25) is 0 Å². The third-order valence-corrected chi connectivity index (χ3v) is 3.07. The van der Waals surface area contributed by atoms with Crippen molar-refractivity contribution in [3.8, 4) is 0 Å².